The highest BCUT2D eigenvalue weighted by atomic mass is 32.2. The van der Waals surface area contributed by atoms with Gasteiger partial charge in [-0.3, -0.25) is 4.79 Å². The van der Waals surface area contributed by atoms with Crippen molar-refractivity contribution in [1.29, 1.82) is 0 Å². The predicted octanol–water partition coefficient (Wildman–Crippen LogP) is 5.49. The quantitative estimate of drug-likeness (QED) is 0.212. The average molecular weight is 627 g/mol. The Kier molecular flexibility index (Phi) is 10.8. The highest BCUT2D eigenvalue weighted by Crippen LogP contribution is 2.45. The third-order valence-corrected chi connectivity index (χ3v) is 18.0. The largest absolute Gasteiger partial charge is 0.543 e. The van der Waals surface area contributed by atoms with Gasteiger partial charge in [-0.2, -0.15) is 11.8 Å². The second-order valence-electron chi connectivity index (χ2n) is 13.4. The van der Waals surface area contributed by atoms with Crippen molar-refractivity contribution in [1.82, 2.24) is 10.6 Å². The number of cyclic esters (lactones) is 1. The van der Waals surface area contributed by atoms with Gasteiger partial charge in [-0.25, -0.2) is 9.59 Å². The van der Waals surface area contributed by atoms with E-state index >= 15 is 0 Å². The van der Waals surface area contributed by atoms with Crippen molar-refractivity contribution in [3.8, 4) is 11.5 Å². The number of esters is 1. The lowest BCUT2D eigenvalue weighted by atomic mass is 10.0. The lowest BCUT2D eigenvalue weighted by Gasteiger charge is -2.39. The first kappa shape index (κ1) is 34.7. The molecule has 0 aromatic heterocycles. The molecule has 0 radical (unpaired) electrons. The van der Waals surface area contributed by atoms with E-state index in [1.165, 1.54) is 11.8 Å². The normalized spacial score (nSPS) is 19.5. The molecule has 1 aromatic carbocycles. The maximum absolute atomic E-state index is 13.7. The van der Waals surface area contributed by atoms with Crippen molar-refractivity contribution in [2.45, 2.75) is 103 Å². The zero-order chi connectivity index (χ0) is 31.6. The molecule has 0 spiro atoms. The highest BCUT2D eigenvalue weighted by Gasteiger charge is 2.42. The second kappa shape index (κ2) is 12.8. The summed E-state index contributed by atoms with van der Waals surface area (Å²) in [5.74, 6) is 0.113. The first-order valence-corrected chi connectivity index (χ1v) is 20.6. The SMILES string of the molecule is Cc1c(O[Si](C)(C)C(C)(C)C)cc(O[Si](C)(C)C(C)(C)C)c2c1C(=O)OC[C@H](NC(=O)O)C(=O)N[C@@H](C=O)CSC2. The van der Waals surface area contributed by atoms with Gasteiger partial charge in [-0.15, -0.1) is 0 Å². The van der Waals surface area contributed by atoms with Crippen molar-refractivity contribution in [2.75, 3.05) is 12.4 Å². The van der Waals surface area contributed by atoms with Crippen LogP contribution >= 0.6 is 11.8 Å². The zero-order valence-corrected chi connectivity index (χ0v) is 29.0. The molecule has 2 rings (SSSR count). The Hall–Kier alpha value is -2.52. The third kappa shape index (κ3) is 8.51. The van der Waals surface area contributed by atoms with Gasteiger partial charge in [-0.1, -0.05) is 41.5 Å². The van der Waals surface area contributed by atoms with Crippen LogP contribution in [0.5, 0.6) is 11.5 Å². The number of fused-ring (bicyclic) bond motifs is 1. The summed E-state index contributed by atoms with van der Waals surface area (Å²) in [7, 11) is -4.72. The van der Waals surface area contributed by atoms with Gasteiger partial charge in [0.05, 0.1) is 11.6 Å². The van der Waals surface area contributed by atoms with Gasteiger partial charge in [0.1, 0.15) is 30.4 Å². The third-order valence-electron chi connectivity index (χ3n) is 8.18. The van der Waals surface area contributed by atoms with E-state index in [9.17, 15) is 24.3 Å². The van der Waals surface area contributed by atoms with E-state index in [4.69, 9.17) is 13.6 Å². The second-order valence-corrected chi connectivity index (χ2v) is 23.9. The van der Waals surface area contributed by atoms with Crippen molar-refractivity contribution in [3.63, 3.8) is 0 Å². The van der Waals surface area contributed by atoms with E-state index in [2.05, 4.69) is 78.4 Å². The summed E-state index contributed by atoms with van der Waals surface area (Å²) < 4.78 is 19.1. The maximum atomic E-state index is 13.7. The Labute approximate surface area is 249 Å². The van der Waals surface area contributed by atoms with Gasteiger partial charge in [0.2, 0.25) is 22.5 Å². The minimum Gasteiger partial charge on any atom is -0.543 e. The number of thioether (sulfide) groups is 1. The molecule has 1 aliphatic rings. The molecule has 0 saturated carbocycles. The van der Waals surface area contributed by atoms with Crippen LogP contribution < -0.4 is 19.5 Å². The molecule has 3 N–H and O–H groups in total. The molecule has 0 fully saturated rings. The fraction of sp³-hybridized carbons (Fsp3) is 0.643. The number of ether oxygens (including phenoxy) is 1. The van der Waals surface area contributed by atoms with Crippen LogP contribution in [0.3, 0.4) is 0 Å². The summed E-state index contributed by atoms with van der Waals surface area (Å²) in [5.41, 5.74) is 1.46. The van der Waals surface area contributed by atoms with Gasteiger partial charge in [0.15, 0.2) is 0 Å². The average Bonchev–Trinajstić information content (AvgIpc) is 2.80. The number of rotatable bonds is 6. The minimum absolute atomic E-state index is 0.112. The number of amides is 2. The molecule has 2 atom stereocenters. The summed E-state index contributed by atoms with van der Waals surface area (Å²) in [5, 5.41) is 13.6. The predicted molar refractivity (Wildman–Crippen MR) is 166 cm³/mol. The summed E-state index contributed by atoms with van der Waals surface area (Å²) >= 11 is 1.35. The van der Waals surface area contributed by atoms with Crippen LogP contribution in [0.15, 0.2) is 6.07 Å². The molecule has 0 unspecified atom stereocenters. The van der Waals surface area contributed by atoms with Crippen molar-refractivity contribution >= 4 is 52.7 Å². The monoisotopic (exact) mass is 626 g/mol. The van der Waals surface area contributed by atoms with Crippen LogP contribution in [-0.4, -0.2) is 70.4 Å². The number of carbonyl (C=O) groups excluding carboxylic acids is 3. The lowest BCUT2D eigenvalue weighted by molar-refractivity contribution is -0.126. The van der Waals surface area contributed by atoms with E-state index in [1.807, 2.05) is 6.07 Å². The first-order chi connectivity index (χ1) is 18.6. The molecule has 13 heteroatoms. The Morgan fingerprint density at radius 3 is 2.10 bits per heavy atom. The van der Waals surface area contributed by atoms with Crippen LogP contribution in [0, 0.1) is 6.92 Å². The lowest BCUT2D eigenvalue weighted by Crippen LogP contribution is -2.52. The number of hydrogen-bond donors (Lipinski definition) is 3. The van der Waals surface area contributed by atoms with E-state index < -0.39 is 53.3 Å². The summed E-state index contributed by atoms with van der Waals surface area (Å²) in [6, 6.07) is -0.388. The van der Waals surface area contributed by atoms with E-state index in [1.54, 1.807) is 6.92 Å². The first-order valence-electron chi connectivity index (χ1n) is 13.7. The van der Waals surface area contributed by atoms with Crippen molar-refractivity contribution in [3.05, 3.63) is 22.8 Å². The molecule has 230 valence electrons. The molecule has 0 aliphatic carbocycles. The van der Waals surface area contributed by atoms with Crippen LogP contribution in [0.25, 0.3) is 0 Å². The zero-order valence-electron chi connectivity index (χ0n) is 26.1. The maximum Gasteiger partial charge on any atom is 0.405 e. The number of carboxylic acid groups (broad SMARTS) is 1. The van der Waals surface area contributed by atoms with Crippen molar-refractivity contribution < 1.29 is 37.9 Å². The van der Waals surface area contributed by atoms with E-state index in [0.717, 1.165) is 0 Å². The molecule has 41 heavy (non-hydrogen) atoms. The van der Waals surface area contributed by atoms with Gasteiger partial charge >= 0.3 is 12.1 Å². The van der Waals surface area contributed by atoms with Gasteiger partial charge in [0, 0.05) is 28.7 Å². The van der Waals surface area contributed by atoms with E-state index in [0.29, 0.717) is 34.7 Å². The number of benzene rings is 1. The molecular formula is C28H46N2O8SSi2. The van der Waals surface area contributed by atoms with Crippen LogP contribution in [0.2, 0.25) is 36.3 Å². The summed E-state index contributed by atoms with van der Waals surface area (Å²) in [4.78, 5) is 49.6. The summed E-state index contributed by atoms with van der Waals surface area (Å²) in [6.07, 6.45) is -0.854. The summed E-state index contributed by atoms with van der Waals surface area (Å²) in [6.45, 7) is 22.5. The van der Waals surface area contributed by atoms with Gasteiger partial charge < -0.3 is 34.1 Å². The van der Waals surface area contributed by atoms with Gasteiger partial charge in [0.25, 0.3) is 0 Å². The van der Waals surface area contributed by atoms with Gasteiger partial charge in [-0.05, 0) is 43.2 Å². The number of hydrogen-bond acceptors (Lipinski definition) is 8. The number of carbonyl (C=O) groups is 4. The van der Waals surface area contributed by atoms with Crippen molar-refractivity contribution in [2.24, 2.45) is 0 Å². The molecule has 10 nitrogen and oxygen atoms in total. The number of aldehydes is 1. The molecular weight excluding hydrogens is 581 g/mol. The minimum atomic E-state index is -2.39. The van der Waals surface area contributed by atoms with Crippen LogP contribution in [0.1, 0.15) is 63.0 Å². The molecule has 0 bridgehead atoms. The van der Waals surface area contributed by atoms with Crippen LogP contribution in [0.4, 0.5) is 4.79 Å². The Morgan fingerprint density at radius 1 is 1.07 bits per heavy atom. The fourth-order valence-electron chi connectivity index (χ4n) is 3.51. The smallest absolute Gasteiger partial charge is 0.405 e. The molecule has 2 amide bonds. The Bertz CT molecular complexity index is 1180. The Balaban J connectivity index is 2.79. The standard InChI is InChI=1S/C28H46N2O8SSi2/c1-17-21(37-40(8,9)27(2,3)4)12-22(38-41(10,11)28(5,6)7)19-16-39-15-18(13-31)29-24(32)20(30-26(34)35)14-36-25(33)23(17)19/h12-13,18,20,30H,14-16H2,1-11H3,(H,29,32)(H,34,35)/t18-,20-/m0/s1. The highest BCUT2D eigenvalue weighted by molar-refractivity contribution is 7.98. The topological polar surface area (TPSA) is 140 Å². The molecule has 0 saturated heterocycles. The molecule has 1 aromatic rings. The fourth-order valence-corrected chi connectivity index (χ4v) is 6.64. The Morgan fingerprint density at radius 2 is 1.61 bits per heavy atom. The van der Waals surface area contributed by atoms with E-state index in [-0.39, 0.29) is 21.4 Å². The molecule has 1 aliphatic heterocycles. The van der Waals surface area contributed by atoms with Crippen LogP contribution in [-0.2, 0) is 20.1 Å². The molecule has 1 heterocycles. The number of nitrogens with one attached hydrogen (secondary N) is 2.